The molecule has 0 bridgehead atoms. The molecule has 4 rings (SSSR count). The molecule has 0 radical (unpaired) electrons. The lowest BCUT2D eigenvalue weighted by molar-refractivity contribution is 1.25. The molecule has 0 atom stereocenters. The molecule has 0 saturated heterocycles. The lowest BCUT2D eigenvalue weighted by Crippen LogP contribution is -2.26. The first-order valence-corrected chi connectivity index (χ1v) is 10.2. The molecule has 0 saturated carbocycles. The van der Waals surface area contributed by atoms with Gasteiger partial charge in [0.2, 0.25) is 0 Å². The van der Waals surface area contributed by atoms with E-state index in [1.165, 1.54) is 36.7 Å². The van der Waals surface area contributed by atoms with Gasteiger partial charge in [0.15, 0.2) is 0 Å². The Bertz CT molecular complexity index is 1250. The van der Waals surface area contributed by atoms with E-state index in [0.29, 0.717) is 0 Å². The van der Waals surface area contributed by atoms with Gasteiger partial charge in [-0.15, -0.1) is 11.3 Å². The van der Waals surface area contributed by atoms with Crippen molar-refractivity contribution in [2.75, 3.05) is 11.9 Å². The van der Waals surface area contributed by atoms with Crippen molar-refractivity contribution in [1.82, 2.24) is 0 Å². The summed E-state index contributed by atoms with van der Waals surface area (Å²) in [6, 6.07) is 15.1. The Labute approximate surface area is 170 Å². The first-order chi connectivity index (χ1) is 13.7. The van der Waals surface area contributed by atoms with E-state index >= 15 is 0 Å². The number of allylic oxidation sites excluding steroid dienone is 6. The van der Waals surface area contributed by atoms with Crippen molar-refractivity contribution in [1.29, 1.82) is 0 Å². The van der Waals surface area contributed by atoms with E-state index in [2.05, 4.69) is 85.4 Å². The van der Waals surface area contributed by atoms with Crippen LogP contribution in [0.15, 0.2) is 79.4 Å². The summed E-state index contributed by atoms with van der Waals surface area (Å²) < 4.78 is 2.57. The van der Waals surface area contributed by atoms with Crippen molar-refractivity contribution in [2.24, 2.45) is 0 Å². The SMILES string of the molecule is C=C1/C=c2/sc3ccccc3/c2=C/N(C)c2ccc(/C=C/C=C\C=C/C)cc21. The van der Waals surface area contributed by atoms with Gasteiger partial charge in [0.25, 0.3) is 0 Å². The maximum Gasteiger partial charge on any atom is 0.0483 e. The summed E-state index contributed by atoms with van der Waals surface area (Å²) in [5.41, 5.74) is 4.55. The second kappa shape index (κ2) is 7.87. The van der Waals surface area contributed by atoms with E-state index in [0.717, 1.165) is 5.57 Å². The van der Waals surface area contributed by atoms with Gasteiger partial charge in [0.1, 0.15) is 0 Å². The topological polar surface area (TPSA) is 3.24 Å². The molecule has 1 aliphatic heterocycles. The van der Waals surface area contributed by atoms with Gasteiger partial charge < -0.3 is 4.90 Å². The molecule has 0 fully saturated rings. The summed E-state index contributed by atoms with van der Waals surface area (Å²) in [6.07, 6.45) is 16.8. The Morgan fingerprint density at radius 2 is 1.82 bits per heavy atom. The average Bonchev–Trinajstić information content (AvgIpc) is 3.03. The van der Waals surface area contributed by atoms with Crippen LogP contribution in [0.1, 0.15) is 18.1 Å². The van der Waals surface area contributed by atoms with Crippen LogP contribution in [0.25, 0.3) is 34.0 Å². The minimum absolute atomic E-state index is 1.04. The molecule has 138 valence electrons. The van der Waals surface area contributed by atoms with Gasteiger partial charge in [-0.05, 0) is 42.3 Å². The molecule has 3 aromatic rings. The monoisotopic (exact) mass is 381 g/mol. The molecule has 1 aromatic heterocycles. The van der Waals surface area contributed by atoms with Crippen LogP contribution in [0.3, 0.4) is 0 Å². The normalized spacial score (nSPS) is 16.6. The number of hydrogen-bond acceptors (Lipinski definition) is 2. The van der Waals surface area contributed by atoms with Crippen molar-refractivity contribution in [3.63, 3.8) is 0 Å². The number of nitrogens with zero attached hydrogens (tertiary/aromatic N) is 1. The van der Waals surface area contributed by atoms with Crippen molar-refractivity contribution >= 4 is 51.0 Å². The molecule has 28 heavy (non-hydrogen) atoms. The van der Waals surface area contributed by atoms with Gasteiger partial charge in [-0.3, -0.25) is 0 Å². The summed E-state index contributed by atoms with van der Waals surface area (Å²) in [6.45, 7) is 6.40. The predicted octanol–water partition coefficient (Wildman–Crippen LogP) is 5.73. The van der Waals surface area contributed by atoms with Gasteiger partial charge in [0, 0.05) is 44.3 Å². The standard InChI is InChI=1S/C26H23NS/c1-4-5-6-7-8-11-20-14-15-24-22(17-20)19(2)16-26-23(18-27(24)3)21-12-9-10-13-25(21)28-26/h4-18H,2H2,1,3H3/b5-4-,7-6-,11-8+,23-18-,26-16+. The Kier molecular flexibility index (Phi) is 5.14. The second-order valence-corrected chi connectivity index (χ2v) is 7.92. The fraction of sp³-hybridized carbons (Fsp3) is 0.0769. The van der Waals surface area contributed by atoms with Gasteiger partial charge in [-0.2, -0.15) is 0 Å². The Morgan fingerprint density at radius 3 is 2.68 bits per heavy atom. The van der Waals surface area contributed by atoms with Crippen molar-refractivity contribution < 1.29 is 0 Å². The molecular formula is C26H23NS. The first-order valence-electron chi connectivity index (χ1n) is 9.40. The zero-order chi connectivity index (χ0) is 19.5. The van der Waals surface area contributed by atoms with E-state index in [9.17, 15) is 0 Å². The van der Waals surface area contributed by atoms with Crippen LogP contribution in [0.5, 0.6) is 0 Å². The fourth-order valence-electron chi connectivity index (χ4n) is 3.45. The predicted molar refractivity (Wildman–Crippen MR) is 127 cm³/mol. The minimum atomic E-state index is 1.04. The van der Waals surface area contributed by atoms with Crippen LogP contribution in [-0.2, 0) is 0 Å². The lowest BCUT2D eigenvalue weighted by Gasteiger charge is -2.21. The van der Waals surface area contributed by atoms with Crippen molar-refractivity contribution in [2.45, 2.75) is 6.92 Å². The Morgan fingerprint density at radius 1 is 1.00 bits per heavy atom. The molecule has 0 N–H and O–H groups in total. The number of fused-ring (bicyclic) bond motifs is 4. The summed E-state index contributed by atoms with van der Waals surface area (Å²) in [5.74, 6) is 0. The molecule has 2 heteroatoms. The smallest absolute Gasteiger partial charge is 0.0483 e. The van der Waals surface area contributed by atoms with Gasteiger partial charge in [-0.25, -0.2) is 0 Å². The Hall–Kier alpha value is -3.10. The lowest BCUT2D eigenvalue weighted by atomic mass is 9.99. The molecule has 0 spiro atoms. The molecule has 0 aliphatic carbocycles. The van der Waals surface area contributed by atoms with E-state index in [4.69, 9.17) is 0 Å². The summed E-state index contributed by atoms with van der Waals surface area (Å²) in [4.78, 5) is 2.21. The van der Waals surface area contributed by atoms with E-state index in [-0.39, 0.29) is 0 Å². The Balaban J connectivity index is 1.81. The van der Waals surface area contributed by atoms with Gasteiger partial charge in [-0.1, -0.05) is 67.3 Å². The van der Waals surface area contributed by atoms with Crippen LogP contribution in [0.2, 0.25) is 0 Å². The van der Waals surface area contributed by atoms with Crippen molar-refractivity contribution in [3.8, 4) is 0 Å². The summed E-state index contributed by atoms with van der Waals surface area (Å²) >= 11 is 1.82. The van der Waals surface area contributed by atoms with Gasteiger partial charge >= 0.3 is 0 Å². The first kappa shape index (κ1) is 18.3. The quantitative estimate of drug-likeness (QED) is 0.524. The molecule has 1 aliphatic rings. The number of anilines is 1. The third-order valence-corrected chi connectivity index (χ3v) is 5.99. The van der Waals surface area contributed by atoms with Crippen LogP contribution in [0, 0.1) is 0 Å². The summed E-state index contributed by atoms with van der Waals surface area (Å²) in [7, 11) is 2.11. The highest BCUT2D eigenvalue weighted by molar-refractivity contribution is 7.17. The number of hydrogen-bond donors (Lipinski definition) is 0. The fourth-order valence-corrected chi connectivity index (χ4v) is 4.60. The zero-order valence-electron chi connectivity index (χ0n) is 16.2. The molecule has 2 heterocycles. The van der Waals surface area contributed by atoms with Crippen LogP contribution in [-0.4, -0.2) is 7.05 Å². The number of rotatable bonds is 3. The third-order valence-electron chi connectivity index (χ3n) is 4.85. The molecule has 0 unspecified atom stereocenters. The van der Waals surface area contributed by atoms with Crippen LogP contribution in [0.4, 0.5) is 5.69 Å². The zero-order valence-corrected chi connectivity index (χ0v) is 17.0. The average molecular weight is 382 g/mol. The van der Waals surface area contributed by atoms with Crippen LogP contribution >= 0.6 is 11.3 Å². The van der Waals surface area contributed by atoms with E-state index in [1.807, 2.05) is 42.6 Å². The third kappa shape index (κ3) is 3.51. The molecule has 1 nitrogen and oxygen atoms in total. The maximum atomic E-state index is 4.39. The minimum Gasteiger partial charge on any atom is -0.350 e. The maximum absolute atomic E-state index is 4.39. The highest BCUT2D eigenvalue weighted by Crippen LogP contribution is 2.30. The molecule has 0 amide bonds. The van der Waals surface area contributed by atoms with E-state index in [1.54, 1.807) is 0 Å². The van der Waals surface area contributed by atoms with Gasteiger partial charge in [0.05, 0.1) is 0 Å². The van der Waals surface area contributed by atoms with Crippen molar-refractivity contribution in [3.05, 3.63) is 100 Å². The highest BCUT2D eigenvalue weighted by atomic mass is 32.1. The number of benzene rings is 2. The number of thiophene rings is 1. The van der Waals surface area contributed by atoms with Crippen LogP contribution < -0.4 is 14.7 Å². The molecular weight excluding hydrogens is 358 g/mol. The highest BCUT2D eigenvalue weighted by Gasteiger charge is 2.12. The largest absolute Gasteiger partial charge is 0.350 e. The molecule has 2 aromatic carbocycles. The van der Waals surface area contributed by atoms with E-state index < -0.39 is 0 Å². The summed E-state index contributed by atoms with van der Waals surface area (Å²) in [5, 5.41) is 2.57. The second-order valence-electron chi connectivity index (χ2n) is 6.83.